The van der Waals surface area contributed by atoms with Gasteiger partial charge in [0.1, 0.15) is 23.5 Å². The number of hydrogen-bond acceptors (Lipinski definition) is 4. The van der Waals surface area contributed by atoms with Crippen molar-refractivity contribution in [2.75, 3.05) is 5.32 Å². The number of hydrogen-bond donors (Lipinski definition) is 1. The molecule has 0 heterocycles. The van der Waals surface area contributed by atoms with Crippen LogP contribution in [0.25, 0.3) is 0 Å². The van der Waals surface area contributed by atoms with Crippen LogP contribution < -0.4 is 10.1 Å². The summed E-state index contributed by atoms with van der Waals surface area (Å²) in [5.41, 5.74) is 1.65. The summed E-state index contributed by atoms with van der Waals surface area (Å²) in [4.78, 5) is 0. The Bertz CT molecular complexity index is 767. The number of allylic oxidation sites excluding steroid dienone is 1. The van der Waals surface area contributed by atoms with Gasteiger partial charge in [-0.1, -0.05) is 35.4 Å². The van der Waals surface area contributed by atoms with E-state index in [0.29, 0.717) is 22.2 Å². The fraction of sp³-hybridized carbons (Fsp3) is 0.0588. The molecule has 0 spiro atoms. The Labute approximate surface area is 133 Å². The number of para-hydroxylation sites is 1. The number of anilines is 1. The Morgan fingerprint density at radius 3 is 2.45 bits per heavy atom. The SMILES string of the molecule is Cc1ccc(Oc2c(Cl)cccc2NC=C(C#N)C#N)cc1. The number of rotatable bonds is 4. The Hall–Kier alpha value is -2.95. The van der Waals surface area contributed by atoms with Crippen molar-refractivity contribution < 1.29 is 4.74 Å². The van der Waals surface area contributed by atoms with Crippen molar-refractivity contribution in [1.29, 1.82) is 10.5 Å². The topological polar surface area (TPSA) is 68.8 Å². The quantitative estimate of drug-likeness (QED) is 0.825. The average molecular weight is 310 g/mol. The van der Waals surface area contributed by atoms with Gasteiger partial charge in [-0.2, -0.15) is 10.5 Å². The molecule has 0 saturated carbocycles. The Balaban J connectivity index is 2.31. The van der Waals surface area contributed by atoms with E-state index >= 15 is 0 Å². The fourth-order valence-electron chi connectivity index (χ4n) is 1.69. The van der Waals surface area contributed by atoms with Gasteiger partial charge in [-0.3, -0.25) is 0 Å². The summed E-state index contributed by atoms with van der Waals surface area (Å²) in [6.07, 6.45) is 1.31. The minimum absolute atomic E-state index is 0.0405. The van der Waals surface area contributed by atoms with E-state index in [4.69, 9.17) is 26.9 Å². The predicted octanol–water partition coefficient (Wildman–Crippen LogP) is 4.78. The van der Waals surface area contributed by atoms with Gasteiger partial charge in [0.15, 0.2) is 5.75 Å². The molecule has 0 aliphatic heterocycles. The number of halogens is 1. The first-order chi connectivity index (χ1) is 10.6. The molecule has 0 amide bonds. The van der Waals surface area contributed by atoms with Crippen LogP contribution in [0.3, 0.4) is 0 Å². The van der Waals surface area contributed by atoms with E-state index < -0.39 is 0 Å². The lowest BCUT2D eigenvalue weighted by Gasteiger charge is -2.12. The molecule has 0 radical (unpaired) electrons. The average Bonchev–Trinajstić information content (AvgIpc) is 2.53. The van der Waals surface area contributed by atoms with Crippen LogP contribution in [0.2, 0.25) is 5.02 Å². The minimum atomic E-state index is -0.0405. The molecule has 4 nitrogen and oxygen atoms in total. The number of nitriles is 2. The first kappa shape index (κ1) is 15.4. The van der Waals surface area contributed by atoms with E-state index in [9.17, 15) is 0 Å². The summed E-state index contributed by atoms with van der Waals surface area (Å²) in [5, 5.41) is 20.8. The summed E-state index contributed by atoms with van der Waals surface area (Å²) in [5.74, 6) is 1.08. The maximum Gasteiger partial charge on any atom is 0.169 e. The van der Waals surface area contributed by atoms with Crippen LogP contribution in [0.15, 0.2) is 54.2 Å². The van der Waals surface area contributed by atoms with Gasteiger partial charge in [0.2, 0.25) is 0 Å². The Morgan fingerprint density at radius 1 is 1.14 bits per heavy atom. The lowest BCUT2D eigenvalue weighted by Crippen LogP contribution is -1.95. The third kappa shape index (κ3) is 3.79. The molecule has 22 heavy (non-hydrogen) atoms. The zero-order valence-corrected chi connectivity index (χ0v) is 12.6. The molecule has 5 heteroatoms. The van der Waals surface area contributed by atoms with Gasteiger partial charge >= 0.3 is 0 Å². The normalized spacial score (nSPS) is 9.27. The second-order valence-electron chi connectivity index (χ2n) is 4.46. The lowest BCUT2D eigenvalue weighted by molar-refractivity contribution is 0.485. The lowest BCUT2D eigenvalue weighted by atomic mass is 10.2. The van der Waals surface area contributed by atoms with E-state index in [1.807, 2.05) is 31.2 Å². The van der Waals surface area contributed by atoms with Crippen molar-refractivity contribution in [2.24, 2.45) is 0 Å². The molecule has 2 aromatic carbocycles. The predicted molar refractivity (Wildman–Crippen MR) is 85.6 cm³/mol. The highest BCUT2D eigenvalue weighted by Gasteiger charge is 2.09. The van der Waals surface area contributed by atoms with Gasteiger partial charge in [0.05, 0.1) is 10.7 Å². The van der Waals surface area contributed by atoms with E-state index in [-0.39, 0.29) is 5.57 Å². The summed E-state index contributed by atoms with van der Waals surface area (Å²) in [6.45, 7) is 1.99. The summed E-state index contributed by atoms with van der Waals surface area (Å²) >= 11 is 6.18. The van der Waals surface area contributed by atoms with Crippen molar-refractivity contribution in [3.05, 3.63) is 64.8 Å². The first-order valence-electron chi connectivity index (χ1n) is 6.44. The molecule has 108 valence electrons. The van der Waals surface area contributed by atoms with E-state index in [1.54, 1.807) is 30.3 Å². The van der Waals surface area contributed by atoms with Crippen LogP contribution in [0.4, 0.5) is 5.69 Å². The maximum atomic E-state index is 8.75. The third-order valence-electron chi connectivity index (χ3n) is 2.82. The van der Waals surface area contributed by atoms with Gasteiger partial charge in [-0.15, -0.1) is 0 Å². The minimum Gasteiger partial charge on any atom is -0.454 e. The smallest absolute Gasteiger partial charge is 0.169 e. The number of nitrogens with one attached hydrogen (secondary N) is 1. The van der Waals surface area contributed by atoms with Crippen molar-refractivity contribution in [2.45, 2.75) is 6.92 Å². The van der Waals surface area contributed by atoms with Crippen molar-refractivity contribution in [1.82, 2.24) is 0 Å². The zero-order valence-electron chi connectivity index (χ0n) is 11.8. The molecule has 0 atom stereocenters. The molecule has 0 fully saturated rings. The standard InChI is InChI=1S/C17H12ClN3O/c1-12-5-7-14(8-6-12)22-17-15(18)3-2-4-16(17)21-11-13(9-19)10-20/h2-8,11,21H,1H3. The second-order valence-corrected chi connectivity index (χ2v) is 4.86. The third-order valence-corrected chi connectivity index (χ3v) is 3.12. The second kappa shape index (κ2) is 7.17. The Kier molecular flexibility index (Phi) is 5.03. The van der Waals surface area contributed by atoms with Gasteiger partial charge < -0.3 is 10.1 Å². The molecular weight excluding hydrogens is 298 g/mol. The van der Waals surface area contributed by atoms with Crippen LogP contribution in [0.1, 0.15) is 5.56 Å². The number of ether oxygens (including phenoxy) is 1. The van der Waals surface area contributed by atoms with E-state index in [2.05, 4.69) is 5.32 Å². The highest BCUT2D eigenvalue weighted by atomic mass is 35.5. The fourth-order valence-corrected chi connectivity index (χ4v) is 1.90. The van der Waals surface area contributed by atoms with Crippen LogP contribution in [-0.2, 0) is 0 Å². The zero-order chi connectivity index (χ0) is 15.9. The van der Waals surface area contributed by atoms with Crippen LogP contribution in [-0.4, -0.2) is 0 Å². The molecular formula is C17H12ClN3O. The molecule has 0 unspecified atom stereocenters. The Morgan fingerprint density at radius 2 is 1.82 bits per heavy atom. The molecule has 1 N–H and O–H groups in total. The summed E-state index contributed by atoms with van der Waals surface area (Å²) in [7, 11) is 0. The van der Waals surface area contributed by atoms with E-state index in [0.717, 1.165) is 5.56 Å². The van der Waals surface area contributed by atoms with Gasteiger partial charge in [-0.05, 0) is 31.2 Å². The molecule has 2 aromatic rings. The van der Waals surface area contributed by atoms with Crippen molar-refractivity contribution in [3.8, 4) is 23.6 Å². The number of nitrogens with zero attached hydrogens (tertiary/aromatic N) is 2. The molecule has 0 saturated heterocycles. The van der Waals surface area contributed by atoms with Gasteiger partial charge in [0.25, 0.3) is 0 Å². The van der Waals surface area contributed by atoms with Gasteiger partial charge in [-0.25, -0.2) is 0 Å². The molecule has 0 aliphatic rings. The van der Waals surface area contributed by atoms with Crippen LogP contribution in [0, 0.1) is 29.6 Å². The largest absolute Gasteiger partial charge is 0.454 e. The summed E-state index contributed by atoms with van der Waals surface area (Å²) in [6, 6.07) is 16.3. The summed E-state index contributed by atoms with van der Waals surface area (Å²) < 4.78 is 5.81. The van der Waals surface area contributed by atoms with Crippen LogP contribution >= 0.6 is 11.6 Å². The molecule has 2 rings (SSSR count). The number of aryl methyl sites for hydroxylation is 1. The highest BCUT2D eigenvalue weighted by molar-refractivity contribution is 6.32. The molecule has 0 aromatic heterocycles. The molecule has 0 aliphatic carbocycles. The van der Waals surface area contributed by atoms with Crippen LogP contribution in [0.5, 0.6) is 11.5 Å². The van der Waals surface area contributed by atoms with Gasteiger partial charge in [0, 0.05) is 6.20 Å². The monoisotopic (exact) mass is 309 g/mol. The van der Waals surface area contributed by atoms with Crippen molar-refractivity contribution >= 4 is 17.3 Å². The highest BCUT2D eigenvalue weighted by Crippen LogP contribution is 2.36. The van der Waals surface area contributed by atoms with E-state index in [1.165, 1.54) is 6.20 Å². The maximum absolute atomic E-state index is 8.75. The first-order valence-corrected chi connectivity index (χ1v) is 6.82. The number of benzene rings is 2. The molecule has 0 bridgehead atoms. The van der Waals surface area contributed by atoms with Crippen molar-refractivity contribution in [3.63, 3.8) is 0 Å².